The van der Waals surface area contributed by atoms with Crippen molar-refractivity contribution < 1.29 is 5.11 Å². The van der Waals surface area contributed by atoms with E-state index in [0.717, 1.165) is 48.3 Å². The topological polar surface area (TPSA) is 48.0 Å². The molecule has 1 aromatic heterocycles. The molecule has 0 fully saturated rings. The fourth-order valence-corrected chi connectivity index (χ4v) is 5.10. The summed E-state index contributed by atoms with van der Waals surface area (Å²) < 4.78 is 0. The highest BCUT2D eigenvalue weighted by molar-refractivity contribution is 6.35. The van der Waals surface area contributed by atoms with Crippen LogP contribution in [0.25, 0.3) is 22.0 Å². The van der Waals surface area contributed by atoms with Gasteiger partial charge < -0.3 is 15.4 Å². The van der Waals surface area contributed by atoms with Gasteiger partial charge in [0.05, 0.1) is 16.6 Å². The summed E-state index contributed by atoms with van der Waals surface area (Å²) in [5.41, 5.74) is 8.32. The normalized spacial score (nSPS) is 16.8. The molecule has 0 saturated carbocycles. The number of hydrogen-bond donors (Lipinski definition) is 3. The van der Waals surface area contributed by atoms with Crippen LogP contribution in [0.2, 0.25) is 5.02 Å². The van der Waals surface area contributed by atoms with Crippen LogP contribution in [0.15, 0.2) is 66.7 Å². The molecule has 3 N–H and O–H groups in total. The highest BCUT2D eigenvalue weighted by atomic mass is 35.5. The summed E-state index contributed by atoms with van der Waals surface area (Å²) in [7, 11) is 0. The zero-order valence-electron chi connectivity index (χ0n) is 18.4. The Morgan fingerprint density at radius 2 is 1.81 bits per heavy atom. The van der Waals surface area contributed by atoms with Crippen LogP contribution in [0.1, 0.15) is 47.8 Å². The first-order chi connectivity index (χ1) is 15.6. The Morgan fingerprint density at radius 1 is 1.03 bits per heavy atom. The number of fused-ring (bicyclic) bond motifs is 3. The van der Waals surface area contributed by atoms with Crippen LogP contribution in [-0.2, 0) is 13.0 Å². The maximum absolute atomic E-state index is 10.5. The smallest absolute Gasteiger partial charge is 0.0790 e. The van der Waals surface area contributed by atoms with Gasteiger partial charge in [-0.3, -0.25) is 0 Å². The van der Waals surface area contributed by atoms with Gasteiger partial charge in [-0.25, -0.2) is 0 Å². The van der Waals surface area contributed by atoms with Gasteiger partial charge in [-0.05, 0) is 54.5 Å². The summed E-state index contributed by atoms with van der Waals surface area (Å²) in [6.45, 7) is 2.90. The van der Waals surface area contributed by atoms with Gasteiger partial charge in [-0.1, -0.05) is 77.8 Å². The summed E-state index contributed by atoms with van der Waals surface area (Å²) in [4.78, 5) is 3.63. The molecule has 164 valence electrons. The molecule has 1 aliphatic heterocycles. The van der Waals surface area contributed by atoms with Gasteiger partial charge in [0.15, 0.2) is 0 Å². The summed E-state index contributed by atoms with van der Waals surface area (Å²) in [5, 5.41) is 16.3. The summed E-state index contributed by atoms with van der Waals surface area (Å²) >= 11 is 6.58. The number of aryl methyl sites for hydroxylation is 1. The Hall–Kier alpha value is -2.59. The van der Waals surface area contributed by atoms with Crippen molar-refractivity contribution in [2.24, 2.45) is 0 Å². The fraction of sp³-hybridized carbons (Fsp3) is 0.286. The van der Waals surface area contributed by atoms with Gasteiger partial charge >= 0.3 is 0 Å². The molecule has 4 heteroatoms. The molecule has 0 spiro atoms. The molecule has 5 rings (SSSR count). The second-order valence-electron chi connectivity index (χ2n) is 8.93. The van der Waals surface area contributed by atoms with E-state index in [1.165, 1.54) is 33.3 Å². The highest BCUT2D eigenvalue weighted by Gasteiger charge is 2.24. The minimum atomic E-state index is -0.393. The second kappa shape index (κ2) is 9.11. The number of benzene rings is 3. The molecule has 0 amide bonds. The fourth-order valence-electron chi connectivity index (χ4n) is 4.90. The zero-order valence-corrected chi connectivity index (χ0v) is 19.1. The number of hydrogen-bond acceptors (Lipinski definition) is 2. The number of nitrogens with one attached hydrogen (secondary N) is 2. The lowest BCUT2D eigenvalue weighted by molar-refractivity contribution is 0.161. The molecule has 0 radical (unpaired) electrons. The van der Waals surface area contributed by atoms with Crippen molar-refractivity contribution in [1.82, 2.24) is 10.3 Å². The van der Waals surface area contributed by atoms with Gasteiger partial charge in [0.1, 0.15) is 0 Å². The van der Waals surface area contributed by atoms with Crippen LogP contribution in [0.4, 0.5) is 0 Å². The van der Waals surface area contributed by atoms with Crippen LogP contribution < -0.4 is 5.32 Å². The lowest BCUT2D eigenvalue weighted by Gasteiger charge is -2.25. The molecular weight excluding hydrogens is 416 g/mol. The number of aromatic amines is 1. The van der Waals surface area contributed by atoms with Crippen LogP contribution in [-0.4, -0.2) is 16.1 Å². The van der Waals surface area contributed by atoms with E-state index in [2.05, 4.69) is 59.7 Å². The van der Waals surface area contributed by atoms with Crippen LogP contribution >= 0.6 is 11.6 Å². The predicted molar refractivity (Wildman–Crippen MR) is 133 cm³/mol. The van der Waals surface area contributed by atoms with Crippen molar-refractivity contribution in [3.05, 3.63) is 94.1 Å². The van der Waals surface area contributed by atoms with Gasteiger partial charge in [0.25, 0.3) is 0 Å². The molecule has 3 aromatic carbocycles. The average molecular weight is 445 g/mol. The molecular formula is C28H29ClN2O. The van der Waals surface area contributed by atoms with Crippen LogP contribution in [0, 0.1) is 6.92 Å². The largest absolute Gasteiger partial charge is 0.388 e. The Balaban J connectivity index is 1.30. The quantitative estimate of drug-likeness (QED) is 0.309. The van der Waals surface area contributed by atoms with E-state index in [0.29, 0.717) is 6.04 Å². The third kappa shape index (κ3) is 4.21. The van der Waals surface area contributed by atoms with E-state index in [-0.39, 0.29) is 0 Å². The Bertz CT molecular complexity index is 1210. The molecule has 0 aliphatic carbocycles. The molecule has 2 unspecified atom stereocenters. The monoisotopic (exact) mass is 444 g/mol. The minimum Gasteiger partial charge on any atom is -0.388 e. The molecule has 2 heterocycles. The van der Waals surface area contributed by atoms with E-state index < -0.39 is 6.10 Å². The van der Waals surface area contributed by atoms with Crippen LogP contribution in [0.5, 0.6) is 0 Å². The number of aliphatic hydroxyl groups excluding tert-OH is 1. The zero-order chi connectivity index (χ0) is 22.1. The van der Waals surface area contributed by atoms with E-state index >= 15 is 0 Å². The van der Waals surface area contributed by atoms with Gasteiger partial charge in [0, 0.05) is 30.1 Å². The summed E-state index contributed by atoms with van der Waals surface area (Å²) in [5.74, 6) is 0. The molecule has 4 aromatic rings. The lowest BCUT2D eigenvalue weighted by atomic mass is 9.93. The number of aromatic nitrogens is 1. The number of H-pyrrole nitrogens is 1. The molecule has 32 heavy (non-hydrogen) atoms. The van der Waals surface area contributed by atoms with Crippen molar-refractivity contribution in [1.29, 1.82) is 0 Å². The van der Waals surface area contributed by atoms with Crippen LogP contribution in [0.3, 0.4) is 0 Å². The Labute approximate surface area is 194 Å². The highest BCUT2D eigenvalue weighted by Crippen LogP contribution is 2.38. The maximum Gasteiger partial charge on any atom is 0.0790 e. The first kappa shape index (κ1) is 21.3. The first-order valence-electron chi connectivity index (χ1n) is 11.5. The van der Waals surface area contributed by atoms with Crippen molar-refractivity contribution in [3.8, 4) is 11.1 Å². The van der Waals surface area contributed by atoms with Crippen molar-refractivity contribution in [3.63, 3.8) is 0 Å². The standard InChI is InChI=1S/C28H29ClN2O/c1-18-10-12-20(13-11-18)26(32)9-5-8-21-16-25-23(17-30-21)27-22(19-6-3-2-4-7-19)14-15-24(29)28(27)31-25/h2-4,6-7,10-15,21,26,30-32H,5,8-9,16-17H2,1H3. The van der Waals surface area contributed by atoms with E-state index in [1.807, 2.05) is 24.3 Å². The molecule has 0 saturated heterocycles. The van der Waals surface area contributed by atoms with Gasteiger partial charge in [-0.15, -0.1) is 0 Å². The average Bonchev–Trinajstić information content (AvgIpc) is 3.20. The van der Waals surface area contributed by atoms with Crippen molar-refractivity contribution in [2.45, 2.75) is 51.3 Å². The van der Waals surface area contributed by atoms with Gasteiger partial charge in [0.2, 0.25) is 0 Å². The first-order valence-corrected chi connectivity index (χ1v) is 11.8. The molecule has 1 aliphatic rings. The SMILES string of the molecule is Cc1ccc(C(O)CCCC2Cc3[nH]c4c(Cl)ccc(-c5ccccc5)c4c3CN2)cc1. The van der Waals surface area contributed by atoms with E-state index in [1.54, 1.807) is 0 Å². The Kier molecular flexibility index (Phi) is 6.05. The number of halogens is 1. The summed E-state index contributed by atoms with van der Waals surface area (Å²) in [6, 6.07) is 23.2. The van der Waals surface area contributed by atoms with Crippen molar-refractivity contribution >= 4 is 22.5 Å². The summed E-state index contributed by atoms with van der Waals surface area (Å²) in [6.07, 6.45) is 3.37. The van der Waals surface area contributed by atoms with E-state index in [9.17, 15) is 5.11 Å². The number of aliphatic hydroxyl groups is 1. The predicted octanol–water partition coefficient (Wildman–Crippen LogP) is 6.71. The van der Waals surface area contributed by atoms with Gasteiger partial charge in [-0.2, -0.15) is 0 Å². The van der Waals surface area contributed by atoms with E-state index in [4.69, 9.17) is 11.6 Å². The molecule has 0 bridgehead atoms. The third-order valence-electron chi connectivity index (χ3n) is 6.69. The lowest BCUT2D eigenvalue weighted by Crippen LogP contribution is -2.35. The number of rotatable bonds is 6. The van der Waals surface area contributed by atoms with Crippen molar-refractivity contribution in [2.75, 3.05) is 0 Å². The molecule has 3 nitrogen and oxygen atoms in total. The maximum atomic E-state index is 10.5. The second-order valence-corrected chi connectivity index (χ2v) is 9.34. The minimum absolute atomic E-state index is 0.393. The molecule has 2 atom stereocenters. The Morgan fingerprint density at radius 3 is 2.59 bits per heavy atom. The third-order valence-corrected chi connectivity index (χ3v) is 7.01.